The van der Waals surface area contributed by atoms with Crippen molar-refractivity contribution in [1.82, 2.24) is 10.2 Å². The molecule has 2 rings (SSSR count). The highest BCUT2D eigenvalue weighted by Crippen LogP contribution is 2.23. The second-order valence-electron chi connectivity index (χ2n) is 4.39. The molecular weight excluding hydrogens is 230 g/mol. The Morgan fingerprint density at radius 2 is 2.28 bits per heavy atom. The van der Waals surface area contributed by atoms with E-state index >= 15 is 0 Å². The number of benzene rings is 1. The van der Waals surface area contributed by atoms with E-state index in [0.29, 0.717) is 13.2 Å². The molecular formula is C13H19N3O2. The first-order valence-electron chi connectivity index (χ1n) is 6.18. The third-order valence-corrected chi connectivity index (χ3v) is 2.97. The van der Waals surface area contributed by atoms with E-state index in [9.17, 15) is 4.79 Å². The van der Waals surface area contributed by atoms with Crippen molar-refractivity contribution in [3.63, 3.8) is 0 Å². The summed E-state index contributed by atoms with van der Waals surface area (Å²) in [5, 5.41) is 2.76. The van der Waals surface area contributed by atoms with Gasteiger partial charge in [0.05, 0.1) is 6.54 Å². The lowest BCUT2D eigenvalue weighted by molar-refractivity contribution is 0.202. The van der Waals surface area contributed by atoms with Gasteiger partial charge in [0.2, 0.25) is 0 Å². The molecule has 0 aliphatic carbocycles. The summed E-state index contributed by atoms with van der Waals surface area (Å²) in [5.74, 6) is 0.798. The molecule has 0 saturated carbocycles. The number of rotatable bonds is 5. The summed E-state index contributed by atoms with van der Waals surface area (Å²) in [7, 11) is 0. The van der Waals surface area contributed by atoms with Gasteiger partial charge in [0.1, 0.15) is 12.4 Å². The number of para-hydroxylation sites is 1. The van der Waals surface area contributed by atoms with Crippen molar-refractivity contribution in [2.24, 2.45) is 5.73 Å². The Bertz CT molecular complexity index is 420. The first-order chi connectivity index (χ1) is 8.68. The van der Waals surface area contributed by atoms with Gasteiger partial charge in [-0.25, -0.2) is 4.79 Å². The molecule has 3 N–H and O–H groups in total. The summed E-state index contributed by atoms with van der Waals surface area (Å²) in [4.78, 5) is 13.1. The van der Waals surface area contributed by atoms with Crippen molar-refractivity contribution >= 4 is 6.03 Å². The van der Waals surface area contributed by atoms with Crippen molar-refractivity contribution in [3.8, 4) is 5.75 Å². The summed E-state index contributed by atoms with van der Waals surface area (Å²) >= 11 is 0. The zero-order valence-electron chi connectivity index (χ0n) is 10.6. The zero-order chi connectivity index (χ0) is 13.0. The number of hydrogen-bond acceptors (Lipinski definition) is 3. The molecule has 0 aromatic heterocycles. The number of ether oxygens (including phenoxy) is 1. The minimum absolute atomic E-state index is 0.0147. The van der Waals surface area contributed by atoms with Gasteiger partial charge in [0.25, 0.3) is 0 Å². The van der Waals surface area contributed by atoms with Gasteiger partial charge >= 0.3 is 6.03 Å². The maximum atomic E-state index is 11.3. The molecule has 1 saturated heterocycles. The first-order valence-corrected chi connectivity index (χ1v) is 6.18. The highest BCUT2D eigenvalue weighted by molar-refractivity contribution is 5.76. The number of nitrogens with one attached hydrogen (secondary N) is 1. The number of carbonyl (C=O) groups excluding carboxylic acids is 1. The lowest BCUT2D eigenvalue weighted by Gasteiger charge is -2.17. The van der Waals surface area contributed by atoms with E-state index in [0.717, 1.165) is 24.4 Å². The van der Waals surface area contributed by atoms with Crippen LogP contribution in [0.4, 0.5) is 4.79 Å². The van der Waals surface area contributed by atoms with Gasteiger partial charge in [-0.15, -0.1) is 0 Å². The van der Waals surface area contributed by atoms with Gasteiger partial charge in [-0.1, -0.05) is 18.2 Å². The Labute approximate surface area is 107 Å². The number of hydrogen-bond donors (Lipinski definition) is 2. The Morgan fingerprint density at radius 3 is 2.94 bits per heavy atom. The van der Waals surface area contributed by atoms with Crippen LogP contribution in [0, 0.1) is 0 Å². The van der Waals surface area contributed by atoms with Gasteiger partial charge in [0, 0.05) is 24.7 Å². The molecule has 1 fully saturated rings. The fourth-order valence-corrected chi connectivity index (χ4v) is 1.98. The predicted molar refractivity (Wildman–Crippen MR) is 69.5 cm³/mol. The molecule has 1 aromatic carbocycles. The van der Waals surface area contributed by atoms with E-state index in [-0.39, 0.29) is 12.1 Å². The van der Waals surface area contributed by atoms with E-state index < -0.39 is 0 Å². The van der Waals surface area contributed by atoms with Crippen molar-refractivity contribution in [2.75, 3.05) is 26.2 Å². The lowest BCUT2D eigenvalue weighted by atomic mass is 10.1. The second-order valence-corrected chi connectivity index (χ2v) is 4.39. The molecule has 0 spiro atoms. The van der Waals surface area contributed by atoms with Gasteiger partial charge in [-0.05, 0) is 13.0 Å². The number of amides is 2. The van der Waals surface area contributed by atoms with Crippen LogP contribution in [-0.4, -0.2) is 37.2 Å². The summed E-state index contributed by atoms with van der Waals surface area (Å²) in [6.45, 7) is 4.47. The van der Waals surface area contributed by atoms with Gasteiger partial charge in [0.15, 0.2) is 0 Å². The van der Waals surface area contributed by atoms with Crippen molar-refractivity contribution in [1.29, 1.82) is 0 Å². The van der Waals surface area contributed by atoms with Crippen LogP contribution in [0.3, 0.4) is 0 Å². The smallest absolute Gasteiger partial charge is 0.317 e. The van der Waals surface area contributed by atoms with Crippen LogP contribution < -0.4 is 15.8 Å². The quantitative estimate of drug-likeness (QED) is 0.821. The molecule has 18 heavy (non-hydrogen) atoms. The van der Waals surface area contributed by atoms with Gasteiger partial charge < -0.3 is 20.7 Å². The number of urea groups is 1. The second kappa shape index (κ2) is 5.73. The maximum Gasteiger partial charge on any atom is 0.317 e. The molecule has 0 bridgehead atoms. The van der Waals surface area contributed by atoms with Gasteiger partial charge in [-0.3, -0.25) is 0 Å². The normalized spacial score (nSPS) is 16.6. The Morgan fingerprint density at radius 1 is 1.50 bits per heavy atom. The molecule has 2 amide bonds. The third kappa shape index (κ3) is 2.92. The molecule has 1 aliphatic rings. The fraction of sp³-hybridized carbons (Fsp3) is 0.462. The summed E-state index contributed by atoms with van der Waals surface area (Å²) in [5.41, 5.74) is 6.87. The molecule has 5 heteroatoms. The van der Waals surface area contributed by atoms with E-state index in [1.807, 2.05) is 31.2 Å². The van der Waals surface area contributed by atoms with Crippen LogP contribution in [0.2, 0.25) is 0 Å². The summed E-state index contributed by atoms with van der Waals surface area (Å²) in [6.07, 6.45) is 0. The van der Waals surface area contributed by atoms with Crippen LogP contribution >= 0.6 is 0 Å². The van der Waals surface area contributed by atoms with Crippen LogP contribution in [0.5, 0.6) is 5.75 Å². The van der Waals surface area contributed by atoms with Crippen molar-refractivity contribution in [2.45, 2.75) is 13.0 Å². The van der Waals surface area contributed by atoms with E-state index in [1.165, 1.54) is 0 Å². The topological polar surface area (TPSA) is 67.6 Å². The molecule has 1 aromatic rings. The fourth-order valence-electron chi connectivity index (χ4n) is 1.98. The first kappa shape index (κ1) is 12.7. The molecule has 5 nitrogen and oxygen atoms in total. The van der Waals surface area contributed by atoms with Crippen LogP contribution in [0.1, 0.15) is 18.5 Å². The Hall–Kier alpha value is -1.75. The number of nitrogens with zero attached hydrogens (tertiary/aromatic N) is 1. The Kier molecular flexibility index (Phi) is 4.04. The average molecular weight is 249 g/mol. The van der Waals surface area contributed by atoms with Gasteiger partial charge in [-0.2, -0.15) is 0 Å². The van der Waals surface area contributed by atoms with Crippen LogP contribution in [0.15, 0.2) is 24.3 Å². The van der Waals surface area contributed by atoms with E-state index in [1.54, 1.807) is 4.90 Å². The maximum absolute atomic E-state index is 11.3. The molecule has 1 unspecified atom stereocenters. The van der Waals surface area contributed by atoms with Crippen molar-refractivity contribution in [3.05, 3.63) is 29.8 Å². The van der Waals surface area contributed by atoms with Crippen LogP contribution in [0.25, 0.3) is 0 Å². The zero-order valence-corrected chi connectivity index (χ0v) is 10.6. The van der Waals surface area contributed by atoms with E-state index in [2.05, 4.69) is 5.32 Å². The largest absolute Gasteiger partial charge is 0.491 e. The average Bonchev–Trinajstić information content (AvgIpc) is 2.76. The highest BCUT2D eigenvalue weighted by atomic mass is 16.5. The predicted octanol–water partition coefficient (Wildman–Crippen LogP) is 1.11. The molecule has 1 atom stereocenters. The molecule has 98 valence electrons. The molecule has 0 radical (unpaired) electrons. The standard InChI is InChI=1S/C13H19N3O2/c1-10(14)11-4-2-3-5-12(11)18-9-8-16-7-6-15-13(16)17/h2-5,10H,6-9,14H2,1H3,(H,15,17). The molecule has 1 heterocycles. The Balaban J connectivity index is 1.88. The molecule has 1 aliphatic heterocycles. The highest BCUT2D eigenvalue weighted by Gasteiger charge is 2.18. The minimum Gasteiger partial charge on any atom is -0.491 e. The van der Waals surface area contributed by atoms with E-state index in [4.69, 9.17) is 10.5 Å². The number of carbonyl (C=O) groups is 1. The lowest BCUT2D eigenvalue weighted by Crippen LogP contribution is -2.32. The monoisotopic (exact) mass is 249 g/mol. The number of nitrogens with two attached hydrogens (primary N) is 1. The summed E-state index contributed by atoms with van der Waals surface area (Å²) < 4.78 is 5.71. The van der Waals surface area contributed by atoms with Crippen molar-refractivity contribution < 1.29 is 9.53 Å². The van der Waals surface area contributed by atoms with Crippen LogP contribution in [-0.2, 0) is 0 Å². The third-order valence-electron chi connectivity index (χ3n) is 2.97. The SMILES string of the molecule is CC(N)c1ccccc1OCCN1CCNC1=O. The summed E-state index contributed by atoms with van der Waals surface area (Å²) in [6, 6.07) is 7.66. The minimum atomic E-state index is -0.0590.